The van der Waals surface area contributed by atoms with Gasteiger partial charge in [0.15, 0.2) is 0 Å². The van der Waals surface area contributed by atoms with Crippen LogP contribution >= 0.6 is 0 Å². The molecule has 0 radical (unpaired) electrons. The smallest absolute Gasteiger partial charge is 0.319 e. The third-order valence-electron chi connectivity index (χ3n) is 3.23. The molecule has 0 atom stereocenters. The van der Waals surface area contributed by atoms with Crippen molar-refractivity contribution in [1.82, 2.24) is 19.7 Å². The minimum absolute atomic E-state index is 0.0253. The zero-order valence-corrected chi connectivity index (χ0v) is 11.7. The average molecular weight is 277 g/mol. The van der Waals surface area contributed by atoms with Crippen LogP contribution in [0.3, 0.4) is 0 Å². The molecule has 0 spiro atoms. The highest BCUT2D eigenvalue weighted by molar-refractivity contribution is 5.92. The Morgan fingerprint density at radius 1 is 1.15 bits per heavy atom. The number of carbonyl (C=O) groups is 2. The quantitative estimate of drug-likeness (QED) is 0.789. The van der Waals surface area contributed by atoms with Crippen LogP contribution in [-0.4, -0.2) is 71.9 Å². The van der Waals surface area contributed by atoms with Gasteiger partial charge in [-0.15, -0.1) is 0 Å². The number of nitrogens with zero attached hydrogens (tertiary/aromatic N) is 4. The van der Waals surface area contributed by atoms with Crippen LogP contribution in [-0.2, 0) is 0 Å². The standard InChI is InChI=1S/C13H19N5O2/c1-16(2)13(20)18-7-5-17(6-8-18)12(19)11-4-3-10(14)9-15-11/h3-4,9H,5-8,14H2,1-2H3. The molecule has 2 heterocycles. The molecule has 1 aliphatic heterocycles. The fraction of sp³-hybridized carbons (Fsp3) is 0.462. The van der Waals surface area contributed by atoms with Crippen molar-refractivity contribution in [1.29, 1.82) is 0 Å². The summed E-state index contributed by atoms with van der Waals surface area (Å²) in [6.07, 6.45) is 1.47. The van der Waals surface area contributed by atoms with Gasteiger partial charge in [0.1, 0.15) is 5.69 Å². The highest BCUT2D eigenvalue weighted by Crippen LogP contribution is 2.09. The molecule has 1 aromatic rings. The Bertz CT molecular complexity index is 492. The molecule has 2 rings (SSSR count). The van der Waals surface area contributed by atoms with Gasteiger partial charge in [-0.05, 0) is 12.1 Å². The van der Waals surface area contributed by atoms with E-state index in [1.54, 1.807) is 40.9 Å². The first-order valence-corrected chi connectivity index (χ1v) is 6.46. The molecule has 7 heteroatoms. The molecule has 0 bridgehead atoms. The summed E-state index contributed by atoms with van der Waals surface area (Å²) < 4.78 is 0. The maximum atomic E-state index is 12.2. The number of nitrogens with two attached hydrogens (primary N) is 1. The summed E-state index contributed by atoms with van der Waals surface area (Å²) in [7, 11) is 3.44. The van der Waals surface area contributed by atoms with Crippen molar-refractivity contribution in [2.24, 2.45) is 0 Å². The summed E-state index contributed by atoms with van der Waals surface area (Å²) in [5.41, 5.74) is 6.46. The molecular formula is C13H19N5O2. The number of aromatic nitrogens is 1. The summed E-state index contributed by atoms with van der Waals surface area (Å²) in [4.78, 5) is 33.0. The number of hydrogen-bond acceptors (Lipinski definition) is 4. The van der Waals surface area contributed by atoms with Gasteiger partial charge in [-0.25, -0.2) is 9.78 Å². The van der Waals surface area contributed by atoms with Gasteiger partial charge in [0.05, 0.1) is 11.9 Å². The molecule has 7 nitrogen and oxygen atoms in total. The van der Waals surface area contributed by atoms with Crippen molar-refractivity contribution in [3.63, 3.8) is 0 Å². The van der Waals surface area contributed by atoms with Crippen molar-refractivity contribution in [2.45, 2.75) is 0 Å². The highest BCUT2D eigenvalue weighted by Gasteiger charge is 2.25. The average Bonchev–Trinajstić information content (AvgIpc) is 2.46. The van der Waals surface area contributed by atoms with Crippen molar-refractivity contribution in [3.8, 4) is 0 Å². The summed E-state index contributed by atoms with van der Waals surface area (Å²) >= 11 is 0. The second-order valence-electron chi connectivity index (χ2n) is 4.93. The third-order valence-corrected chi connectivity index (χ3v) is 3.23. The van der Waals surface area contributed by atoms with E-state index in [2.05, 4.69) is 4.98 Å². The van der Waals surface area contributed by atoms with E-state index in [0.29, 0.717) is 37.6 Å². The number of rotatable bonds is 1. The summed E-state index contributed by atoms with van der Waals surface area (Å²) in [5, 5.41) is 0. The van der Waals surface area contributed by atoms with Crippen LogP contribution in [0.1, 0.15) is 10.5 Å². The number of anilines is 1. The molecular weight excluding hydrogens is 258 g/mol. The Labute approximate surface area is 118 Å². The van der Waals surface area contributed by atoms with Crippen LogP contribution in [0.5, 0.6) is 0 Å². The summed E-state index contributed by atoms with van der Waals surface area (Å²) in [5.74, 6) is -0.123. The monoisotopic (exact) mass is 277 g/mol. The molecule has 2 N–H and O–H groups in total. The van der Waals surface area contributed by atoms with Crippen LogP contribution in [0, 0.1) is 0 Å². The number of nitrogen functional groups attached to an aromatic ring is 1. The molecule has 1 aliphatic rings. The lowest BCUT2D eigenvalue weighted by Gasteiger charge is -2.35. The predicted molar refractivity (Wildman–Crippen MR) is 75.2 cm³/mol. The molecule has 1 fully saturated rings. The van der Waals surface area contributed by atoms with Crippen LogP contribution in [0.4, 0.5) is 10.5 Å². The first kappa shape index (κ1) is 14.1. The van der Waals surface area contributed by atoms with Gasteiger partial charge in [-0.1, -0.05) is 0 Å². The van der Waals surface area contributed by atoms with E-state index >= 15 is 0 Å². The van der Waals surface area contributed by atoms with Gasteiger partial charge in [-0.3, -0.25) is 4.79 Å². The number of urea groups is 1. The van der Waals surface area contributed by atoms with E-state index < -0.39 is 0 Å². The van der Waals surface area contributed by atoms with E-state index in [4.69, 9.17) is 5.73 Å². The Morgan fingerprint density at radius 2 is 1.75 bits per heavy atom. The van der Waals surface area contributed by atoms with Crippen molar-refractivity contribution >= 4 is 17.6 Å². The van der Waals surface area contributed by atoms with Gasteiger partial charge >= 0.3 is 6.03 Å². The lowest BCUT2D eigenvalue weighted by atomic mass is 10.2. The Hall–Kier alpha value is -2.31. The predicted octanol–water partition coefficient (Wildman–Crippen LogP) is 0.103. The Kier molecular flexibility index (Phi) is 4.07. The second kappa shape index (κ2) is 5.77. The molecule has 0 unspecified atom stereocenters. The van der Waals surface area contributed by atoms with Crippen LogP contribution in [0.25, 0.3) is 0 Å². The van der Waals surface area contributed by atoms with Gasteiger partial charge in [0.25, 0.3) is 5.91 Å². The van der Waals surface area contributed by atoms with E-state index in [1.807, 2.05) is 0 Å². The van der Waals surface area contributed by atoms with Crippen LogP contribution in [0.15, 0.2) is 18.3 Å². The first-order chi connectivity index (χ1) is 9.49. The molecule has 0 aliphatic carbocycles. The number of piperazine rings is 1. The van der Waals surface area contributed by atoms with E-state index in [1.165, 1.54) is 6.20 Å². The molecule has 20 heavy (non-hydrogen) atoms. The molecule has 108 valence electrons. The number of hydrogen-bond donors (Lipinski definition) is 1. The van der Waals surface area contributed by atoms with Gasteiger partial charge < -0.3 is 20.4 Å². The number of carbonyl (C=O) groups excluding carboxylic acids is 2. The lowest BCUT2D eigenvalue weighted by molar-refractivity contribution is 0.0644. The maximum Gasteiger partial charge on any atom is 0.319 e. The van der Waals surface area contributed by atoms with Crippen molar-refractivity contribution in [3.05, 3.63) is 24.0 Å². The third kappa shape index (κ3) is 2.98. The minimum Gasteiger partial charge on any atom is -0.397 e. The summed E-state index contributed by atoms with van der Waals surface area (Å²) in [6.45, 7) is 2.12. The first-order valence-electron chi connectivity index (χ1n) is 6.46. The topological polar surface area (TPSA) is 82.8 Å². The molecule has 0 saturated carbocycles. The molecule has 3 amide bonds. The van der Waals surface area contributed by atoms with Crippen LogP contribution < -0.4 is 5.73 Å². The van der Waals surface area contributed by atoms with E-state index in [0.717, 1.165) is 0 Å². The molecule has 1 saturated heterocycles. The van der Waals surface area contributed by atoms with Crippen LogP contribution in [0.2, 0.25) is 0 Å². The largest absolute Gasteiger partial charge is 0.397 e. The van der Waals surface area contributed by atoms with Gasteiger partial charge in [-0.2, -0.15) is 0 Å². The highest BCUT2D eigenvalue weighted by atomic mass is 16.2. The SMILES string of the molecule is CN(C)C(=O)N1CCN(C(=O)c2ccc(N)cn2)CC1. The Balaban J connectivity index is 1.95. The number of amides is 3. The van der Waals surface area contributed by atoms with Crippen molar-refractivity contribution in [2.75, 3.05) is 46.0 Å². The van der Waals surface area contributed by atoms with Gasteiger partial charge in [0.2, 0.25) is 0 Å². The second-order valence-corrected chi connectivity index (χ2v) is 4.93. The fourth-order valence-electron chi connectivity index (χ4n) is 2.08. The lowest BCUT2D eigenvalue weighted by Crippen LogP contribution is -2.53. The number of pyridine rings is 1. The van der Waals surface area contributed by atoms with Gasteiger partial charge in [0, 0.05) is 40.3 Å². The minimum atomic E-state index is -0.123. The zero-order valence-electron chi connectivity index (χ0n) is 11.7. The Morgan fingerprint density at radius 3 is 2.25 bits per heavy atom. The van der Waals surface area contributed by atoms with Crippen molar-refractivity contribution < 1.29 is 9.59 Å². The fourth-order valence-corrected chi connectivity index (χ4v) is 2.08. The summed E-state index contributed by atoms with van der Waals surface area (Å²) in [6, 6.07) is 3.25. The van der Waals surface area contributed by atoms with E-state index in [9.17, 15) is 9.59 Å². The maximum absolute atomic E-state index is 12.2. The molecule has 0 aromatic carbocycles. The normalized spacial score (nSPS) is 15.1. The molecule has 1 aromatic heterocycles. The zero-order chi connectivity index (χ0) is 14.7. The van der Waals surface area contributed by atoms with E-state index in [-0.39, 0.29) is 11.9 Å².